The number of rotatable bonds is 4. The van der Waals surface area contributed by atoms with Gasteiger partial charge in [-0.25, -0.2) is 8.42 Å². The van der Waals surface area contributed by atoms with Gasteiger partial charge >= 0.3 is 0 Å². The monoisotopic (exact) mass is 405 g/mol. The van der Waals surface area contributed by atoms with Gasteiger partial charge in [0.2, 0.25) is 5.91 Å². The number of amides is 1. The Balaban J connectivity index is 1.58. The lowest BCUT2D eigenvalue weighted by atomic mass is 9.93. The van der Waals surface area contributed by atoms with Crippen molar-refractivity contribution >= 4 is 27.1 Å². The van der Waals surface area contributed by atoms with Crippen molar-refractivity contribution in [3.63, 3.8) is 0 Å². The lowest BCUT2D eigenvalue weighted by Gasteiger charge is -2.27. The van der Waals surface area contributed by atoms with E-state index in [-0.39, 0.29) is 18.2 Å². The second-order valence-electron chi connectivity index (χ2n) is 7.23. The minimum atomic E-state index is -3.26. The number of nitrogens with zero attached hydrogens (tertiary/aromatic N) is 1. The second kappa shape index (κ2) is 6.95. The standard InChI is InChI=1S/C20H23NO4S2/c1-25-16-6-3-2-5-15(16)20(9-10-20)19(22)21-11-8-18(17-7-4-13-26-17)27(23,24)14-12-21/h2-7,13,18H,8-12,14H2,1H3/t18-/m1/s1. The molecule has 1 aliphatic heterocycles. The lowest BCUT2D eigenvalue weighted by Crippen LogP contribution is -2.41. The first-order valence-corrected chi connectivity index (χ1v) is 11.8. The molecule has 0 radical (unpaired) electrons. The summed E-state index contributed by atoms with van der Waals surface area (Å²) in [6.07, 6.45) is 2.02. The molecule has 0 spiro atoms. The highest BCUT2D eigenvalue weighted by atomic mass is 32.2. The molecule has 0 N–H and O–H groups in total. The fourth-order valence-corrected chi connectivity index (χ4v) is 7.01. The van der Waals surface area contributed by atoms with Crippen molar-refractivity contribution in [2.24, 2.45) is 0 Å². The van der Waals surface area contributed by atoms with Gasteiger partial charge in [0.25, 0.3) is 0 Å². The molecule has 2 heterocycles. The van der Waals surface area contributed by atoms with Gasteiger partial charge in [0.15, 0.2) is 9.84 Å². The molecule has 144 valence electrons. The number of carbonyl (C=O) groups is 1. The topological polar surface area (TPSA) is 63.7 Å². The highest BCUT2D eigenvalue weighted by Crippen LogP contribution is 2.52. The summed E-state index contributed by atoms with van der Waals surface area (Å²) in [5, 5.41) is 1.40. The van der Waals surface area contributed by atoms with E-state index in [0.717, 1.165) is 29.0 Å². The molecule has 1 saturated carbocycles. The van der Waals surface area contributed by atoms with Crippen LogP contribution < -0.4 is 4.74 Å². The van der Waals surface area contributed by atoms with Gasteiger partial charge in [-0.1, -0.05) is 24.3 Å². The summed E-state index contributed by atoms with van der Waals surface area (Å²) < 4.78 is 31.0. The Hall–Kier alpha value is -1.86. The van der Waals surface area contributed by atoms with Crippen LogP contribution in [0.2, 0.25) is 0 Å². The summed E-state index contributed by atoms with van der Waals surface area (Å²) >= 11 is 1.47. The van der Waals surface area contributed by atoms with E-state index in [0.29, 0.717) is 13.0 Å². The maximum Gasteiger partial charge on any atom is 0.233 e. The lowest BCUT2D eigenvalue weighted by molar-refractivity contribution is -0.133. The minimum absolute atomic E-state index is 0.0172. The molecular formula is C20H23NO4S2. The quantitative estimate of drug-likeness (QED) is 0.784. The van der Waals surface area contributed by atoms with E-state index >= 15 is 0 Å². The van der Waals surface area contributed by atoms with Crippen molar-refractivity contribution < 1.29 is 17.9 Å². The summed E-state index contributed by atoms with van der Waals surface area (Å²) in [6, 6.07) is 11.4. The van der Waals surface area contributed by atoms with E-state index < -0.39 is 20.5 Å². The SMILES string of the molecule is COc1ccccc1C1(C(=O)N2CC[C@H](c3cccs3)S(=O)(=O)CC2)CC1. The largest absolute Gasteiger partial charge is 0.496 e. The molecule has 4 rings (SSSR count). The zero-order chi connectivity index (χ0) is 19.1. The van der Waals surface area contributed by atoms with Crippen LogP contribution in [0.3, 0.4) is 0 Å². The van der Waals surface area contributed by atoms with Crippen LogP contribution in [0.4, 0.5) is 0 Å². The van der Waals surface area contributed by atoms with Crippen molar-refractivity contribution in [2.75, 3.05) is 26.0 Å². The Morgan fingerprint density at radius 2 is 1.96 bits per heavy atom. The molecule has 2 aromatic rings. The number of thiophene rings is 1. The van der Waals surface area contributed by atoms with E-state index in [2.05, 4.69) is 0 Å². The molecule has 2 aliphatic rings. The molecule has 2 fully saturated rings. The highest BCUT2D eigenvalue weighted by molar-refractivity contribution is 7.91. The van der Waals surface area contributed by atoms with Crippen LogP contribution in [0.5, 0.6) is 5.75 Å². The van der Waals surface area contributed by atoms with Gasteiger partial charge in [0, 0.05) is 23.5 Å². The zero-order valence-electron chi connectivity index (χ0n) is 15.3. The Morgan fingerprint density at radius 3 is 2.63 bits per heavy atom. The van der Waals surface area contributed by atoms with Crippen LogP contribution in [0.1, 0.15) is 35.0 Å². The average Bonchev–Trinajstić information content (AvgIpc) is 3.35. The van der Waals surface area contributed by atoms with Crippen LogP contribution in [-0.2, 0) is 20.0 Å². The smallest absolute Gasteiger partial charge is 0.233 e. The Morgan fingerprint density at radius 1 is 1.19 bits per heavy atom. The third-order valence-corrected chi connectivity index (χ3v) is 8.91. The predicted octanol–water partition coefficient (Wildman–Crippen LogP) is 3.18. The molecule has 5 nitrogen and oxygen atoms in total. The molecule has 1 amide bonds. The van der Waals surface area contributed by atoms with Crippen molar-refractivity contribution in [3.05, 3.63) is 52.2 Å². The molecule has 0 bridgehead atoms. The maximum absolute atomic E-state index is 13.4. The first-order valence-electron chi connectivity index (χ1n) is 9.16. The van der Waals surface area contributed by atoms with Crippen LogP contribution in [0, 0.1) is 0 Å². The number of carbonyl (C=O) groups excluding carboxylic acids is 1. The first kappa shape index (κ1) is 18.5. The number of sulfone groups is 1. The molecule has 1 aliphatic carbocycles. The van der Waals surface area contributed by atoms with Crippen molar-refractivity contribution in [1.29, 1.82) is 0 Å². The molecule has 27 heavy (non-hydrogen) atoms. The van der Waals surface area contributed by atoms with Gasteiger partial charge < -0.3 is 9.64 Å². The number of ether oxygens (including phenoxy) is 1. The minimum Gasteiger partial charge on any atom is -0.496 e. The predicted molar refractivity (Wildman–Crippen MR) is 106 cm³/mol. The van der Waals surface area contributed by atoms with Crippen LogP contribution >= 0.6 is 11.3 Å². The van der Waals surface area contributed by atoms with E-state index in [1.165, 1.54) is 11.3 Å². The van der Waals surface area contributed by atoms with Crippen LogP contribution in [-0.4, -0.2) is 45.2 Å². The summed E-state index contributed by atoms with van der Waals surface area (Å²) in [7, 11) is -1.65. The van der Waals surface area contributed by atoms with Gasteiger partial charge in [-0.3, -0.25) is 4.79 Å². The third-order valence-electron chi connectivity index (χ3n) is 5.67. The number of hydrogen-bond donors (Lipinski definition) is 0. The number of methoxy groups -OCH3 is 1. The summed E-state index contributed by atoms with van der Waals surface area (Å²) in [6.45, 7) is 0.734. The second-order valence-corrected chi connectivity index (χ2v) is 10.5. The summed E-state index contributed by atoms with van der Waals surface area (Å²) in [5.74, 6) is 0.778. The number of para-hydroxylation sites is 1. The maximum atomic E-state index is 13.4. The van der Waals surface area contributed by atoms with Crippen LogP contribution in [0.15, 0.2) is 41.8 Å². The molecule has 7 heteroatoms. The summed E-state index contributed by atoms with van der Waals surface area (Å²) in [5.41, 5.74) is 0.360. The fraction of sp³-hybridized carbons (Fsp3) is 0.450. The van der Waals surface area contributed by atoms with Gasteiger partial charge in [0.1, 0.15) is 5.75 Å². The summed E-state index contributed by atoms with van der Waals surface area (Å²) in [4.78, 5) is 16.0. The van der Waals surface area contributed by atoms with Crippen molar-refractivity contribution in [3.8, 4) is 5.75 Å². The molecule has 1 aromatic carbocycles. The van der Waals surface area contributed by atoms with Crippen molar-refractivity contribution in [1.82, 2.24) is 4.90 Å². The Bertz CT molecular complexity index is 933. The van der Waals surface area contributed by atoms with E-state index in [9.17, 15) is 13.2 Å². The van der Waals surface area contributed by atoms with Crippen LogP contribution in [0.25, 0.3) is 0 Å². The molecular weight excluding hydrogens is 382 g/mol. The fourth-order valence-electron chi connectivity index (χ4n) is 4.01. The molecule has 1 atom stereocenters. The zero-order valence-corrected chi connectivity index (χ0v) is 16.9. The Labute approximate surface area is 163 Å². The Kier molecular flexibility index (Phi) is 4.76. The first-order chi connectivity index (χ1) is 13.0. The number of hydrogen-bond acceptors (Lipinski definition) is 5. The van der Waals surface area contributed by atoms with E-state index in [1.807, 2.05) is 41.8 Å². The van der Waals surface area contributed by atoms with E-state index in [1.54, 1.807) is 12.0 Å². The third kappa shape index (κ3) is 3.27. The molecule has 1 saturated heterocycles. The van der Waals surface area contributed by atoms with Gasteiger partial charge in [-0.15, -0.1) is 11.3 Å². The number of benzene rings is 1. The van der Waals surface area contributed by atoms with Gasteiger partial charge in [0.05, 0.1) is 23.5 Å². The normalized spacial score (nSPS) is 23.4. The molecule has 1 aromatic heterocycles. The average molecular weight is 406 g/mol. The van der Waals surface area contributed by atoms with Gasteiger partial charge in [-0.2, -0.15) is 0 Å². The van der Waals surface area contributed by atoms with Gasteiger partial charge in [-0.05, 0) is 36.8 Å². The van der Waals surface area contributed by atoms with Crippen molar-refractivity contribution in [2.45, 2.75) is 29.9 Å². The van der Waals surface area contributed by atoms with E-state index in [4.69, 9.17) is 4.74 Å². The highest BCUT2D eigenvalue weighted by Gasteiger charge is 2.54. The molecule has 0 unspecified atom stereocenters.